The quantitative estimate of drug-likeness (QED) is 0.667. The summed E-state index contributed by atoms with van der Waals surface area (Å²) in [5.74, 6) is -1.29. The molecular weight excluding hydrogens is 173 g/mol. The van der Waals surface area contributed by atoms with E-state index in [1.165, 1.54) is 0 Å². The molecule has 0 aromatic carbocycles. The summed E-state index contributed by atoms with van der Waals surface area (Å²) in [6, 6.07) is -0.376. The fourth-order valence-corrected chi connectivity index (χ4v) is 1.16. The molecule has 0 aromatic rings. The van der Waals surface area contributed by atoms with Crippen LogP contribution in [0.4, 0.5) is 4.39 Å². The molecule has 0 aliphatic rings. The predicted octanol–water partition coefficient (Wildman–Crippen LogP) is 1.42. The standard InChI is InChI=1S/C9H18FNO2/c1-6(3-4-10)5-8(11)7(2)9(12)13/h6-8H,3-5,11H2,1-2H3,(H,12,13)/t6?,7?,8-/m0/s1. The highest BCUT2D eigenvalue weighted by Crippen LogP contribution is 2.14. The Hall–Kier alpha value is -0.640. The highest BCUT2D eigenvalue weighted by Gasteiger charge is 2.21. The molecule has 0 heterocycles. The lowest BCUT2D eigenvalue weighted by molar-refractivity contribution is -0.141. The van der Waals surface area contributed by atoms with E-state index in [0.29, 0.717) is 12.8 Å². The van der Waals surface area contributed by atoms with Crippen molar-refractivity contribution in [3.8, 4) is 0 Å². The number of rotatable bonds is 6. The molecule has 3 N–H and O–H groups in total. The monoisotopic (exact) mass is 191 g/mol. The lowest BCUT2D eigenvalue weighted by Gasteiger charge is -2.19. The minimum atomic E-state index is -0.889. The van der Waals surface area contributed by atoms with Crippen LogP contribution in [0.25, 0.3) is 0 Å². The lowest BCUT2D eigenvalue weighted by Crippen LogP contribution is -2.35. The Balaban J connectivity index is 3.84. The third-order valence-corrected chi connectivity index (χ3v) is 2.31. The van der Waals surface area contributed by atoms with Crippen LogP contribution in [-0.4, -0.2) is 23.8 Å². The van der Waals surface area contributed by atoms with Gasteiger partial charge in [-0.15, -0.1) is 0 Å². The third-order valence-electron chi connectivity index (χ3n) is 2.31. The molecule has 0 aromatic heterocycles. The van der Waals surface area contributed by atoms with E-state index in [-0.39, 0.29) is 18.6 Å². The van der Waals surface area contributed by atoms with Gasteiger partial charge in [-0.1, -0.05) is 13.8 Å². The first-order valence-corrected chi connectivity index (χ1v) is 4.53. The zero-order valence-corrected chi connectivity index (χ0v) is 8.16. The maximum atomic E-state index is 11.9. The van der Waals surface area contributed by atoms with Crippen molar-refractivity contribution in [2.24, 2.45) is 17.6 Å². The molecule has 13 heavy (non-hydrogen) atoms. The molecule has 2 unspecified atom stereocenters. The first-order valence-electron chi connectivity index (χ1n) is 4.53. The van der Waals surface area contributed by atoms with Crippen molar-refractivity contribution in [2.75, 3.05) is 6.67 Å². The van der Waals surface area contributed by atoms with Gasteiger partial charge in [-0.25, -0.2) is 0 Å². The summed E-state index contributed by atoms with van der Waals surface area (Å²) in [5, 5.41) is 8.64. The average molecular weight is 191 g/mol. The van der Waals surface area contributed by atoms with Gasteiger partial charge < -0.3 is 10.8 Å². The number of nitrogens with two attached hydrogens (primary N) is 1. The van der Waals surface area contributed by atoms with Gasteiger partial charge >= 0.3 is 5.97 Å². The van der Waals surface area contributed by atoms with Crippen molar-refractivity contribution in [1.82, 2.24) is 0 Å². The summed E-state index contributed by atoms with van der Waals surface area (Å²) in [6.07, 6.45) is 1.03. The third kappa shape index (κ3) is 4.83. The van der Waals surface area contributed by atoms with Gasteiger partial charge in [0.15, 0.2) is 0 Å². The van der Waals surface area contributed by atoms with Crippen molar-refractivity contribution in [3.05, 3.63) is 0 Å². The summed E-state index contributed by atoms with van der Waals surface area (Å²) in [6.45, 7) is 3.10. The maximum absolute atomic E-state index is 11.9. The molecule has 0 fully saturated rings. The predicted molar refractivity (Wildman–Crippen MR) is 49.1 cm³/mol. The maximum Gasteiger partial charge on any atom is 0.307 e. The van der Waals surface area contributed by atoms with Crippen molar-refractivity contribution in [3.63, 3.8) is 0 Å². The second kappa shape index (κ2) is 5.91. The number of alkyl halides is 1. The lowest BCUT2D eigenvalue weighted by atomic mass is 9.92. The van der Waals surface area contributed by atoms with Crippen LogP contribution in [0.15, 0.2) is 0 Å². The van der Waals surface area contributed by atoms with Crippen LogP contribution in [0, 0.1) is 11.8 Å². The topological polar surface area (TPSA) is 63.3 Å². The summed E-state index contributed by atoms with van der Waals surface area (Å²) in [4.78, 5) is 10.5. The zero-order chi connectivity index (χ0) is 10.4. The molecule has 0 bridgehead atoms. The van der Waals surface area contributed by atoms with Crippen LogP contribution in [0.1, 0.15) is 26.7 Å². The Morgan fingerprint density at radius 2 is 2.08 bits per heavy atom. The van der Waals surface area contributed by atoms with Gasteiger partial charge in [0.2, 0.25) is 0 Å². The molecule has 0 saturated heterocycles. The summed E-state index contributed by atoms with van der Waals surface area (Å²) in [5.41, 5.74) is 5.65. The first-order chi connectivity index (χ1) is 5.99. The van der Waals surface area contributed by atoms with E-state index in [4.69, 9.17) is 10.8 Å². The average Bonchev–Trinajstić information content (AvgIpc) is 2.03. The van der Waals surface area contributed by atoms with Crippen molar-refractivity contribution < 1.29 is 14.3 Å². The molecular formula is C9H18FNO2. The van der Waals surface area contributed by atoms with E-state index >= 15 is 0 Å². The molecule has 0 aliphatic heterocycles. The van der Waals surface area contributed by atoms with Crippen molar-refractivity contribution >= 4 is 5.97 Å². The molecule has 3 atom stereocenters. The van der Waals surface area contributed by atoms with Gasteiger partial charge in [0, 0.05) is 6.04 Å². The molecule has 78 valence electrons. The Morgan fingerprint density at radius 3 is 2.46 bits per heavy atom. The highest BCUT2D eigenvalue weighted by atomic mass is 19.1. The van der Waals surface area contributed by atoms with Crippen LogP contribution in [0.2, 0.25) is 0 Å². The summed E-state index contributed by atoms with van der Waals surface area (Å²) >= 11 is 0. The van der Waals surface area contributed by atoms with Crippen LogP contribution in [-0.2, 0) is 4.79 Å². The number of halogens is 1. The van der Waals surface area contributed by atoms with Crippen LogP contribution in [0.5, 0.6) is 0 Å². The van der Waals surface area contributed by atoms with Crippen LogP contribution >= 0.6 is 0 Å². The second-order valence-electron chi connectivity index (χ2n) is 3.61. The Labute approximate surface area is 78.1 Å². The van der Waals surface area contributed by atoms with Gasteiger partial charge in [0.1, 0.15) is 0 Å². The molecule has 0 spiro atoms. The molecule has 0 rings (SSSR count). The largest absolute Gasteiger partial charge is 0.481 e. The Morgan fingerprint density at radius 1 is 1.54 bits per heavy atom. The van der Waals surface area contributed by atoms with Gasteiger partial charge in [-0.05, 0) is 18.8 Å². The van der Waals surface area contributed by atoms with Gasteiger partial charge in [-0.3, -0.25) is 9.18 Å². The number of carboxylic acids is 1. The van der Waals surface area contributed by atoms with Crippen molar-refractivity contribution in [1.29, 1.82) is 0 Å². The summed E-state index contributed by atoms with van der Waals surface area (Å²) in [7, 11) is 0. The first kappa shape index (κ1) is 12.4. The van der Waals surface area contributed by atoms with E-state index in [9.17, 15) is 9.18 Å². The van der Waals surface area contributed by atoms with E-state index in [1.807, 2.05) is 6.92 Å². The van der Waals surface area contributed by atoms with Crippen LogP contribution < -0.4 is 5.73 Å². The van der Waals surface area contributed by atoms with Gasteiger partial charge in [-0.2, -0.15) is 0 Å². The van der Waals surface area contributed by atoms with Gasteiger partial charge in [0.05, 0.1) is 12.6 Å². The Kier molecular flexibility index (Phi) is 5.62. The molecule has 0 amide bonds. The molecule has 0 aliphatic carbocycles. The minimum absolute atomic E-state index is 0.154. The number of aliphatic carboxylic acids is 1. The van der Waals surface area contributed by atoms with Gasteiger partial charge in [0.25, 0.3) is 0 Å². The fraction of sp³-hybridized carbons (Fsp3) is 0.889. The van der Waals surface area contributed by atoms with Crippen molar-refractivity contribution in [2.45, 2.75) is 32.7 Å². The Bertz CT molecular complexity index is 164. The number of carbonyl (C=O) groups is 1. The smallest absolute Gasteiger partial charge is 0.307 e. The molecule has 3 nitrogen and oxygen atoms in total. The van der Waals surface area contributed by atoms with E-state index in [0.717, 1.165) is 0 Å². The molecule has 0 saturated carbocycles. The number of hydrogen-bond acceptors (Lipinski definition) is 2. The van der Waals surface area contributed by atoms with E-state index < -0.39 is 11.9 Å². The molecule has 0 radical (unpaired) electrons. The number of hydrogen-bond donors (Lipinski definition) is 2. The van der Waals surface area contributed by atoms with E-state index in [1.54, 1.807) is 6.92 Å². The van der Waals surface area contributed by atoms with Crippen LogP contribution in [0.3, 0.4) is 0 Å². The highest BCUT2D eigenvalue weighted by molar-refractivity contribution is 5.70. The number of carboxylic acid groups (broad SMARTS) is 1. The fourth-order valence-electron chi connectivity index (χ4n) is 1.16. The molecule has 4 heteroatoms. The second-order valence-corrected chi connectivity index (χ2v) is 3.61. The zero-order valence-electron chi connectivity index (χ0n) is 8.16. The minimum Gasteiger partial charge on any atom is -0.481 e. The van der Waals surface area contributed by atoms with E-state index in [2.05, 4.69) is 0 Å². The normalized spacial score (nSPS) is 17.8. The summed E-state index contributed by atoms with van der Waals surface area (Å²) < 4.78 is 11.9. The SMILES string of the molecule is CC(CCF)C[C@H](N)C(C)C(=O)O.